The number of aromatic nitrogens is 1. The average molecular weight is 410 g/mol. The Morgan fingerprint density at radius 1 is 1.14 bits per heavy atom. The number of amides is 3. The molecule has 3 aromatic rings. The minimum Gasteiger partial charge on any atom is -0.468 e. The van der Waals surface area contributed by atoms with E-state index >= 15 is 0 Å². The summed E-state index contributed by atoms with van der Waals surface area (Å²) >= 11 is 5.88. The smallest absolute Gasteiger partial charge is 0.333 e. The van der Waals surface area contributed by atoms with Crippen molar-refractivity contribution in [3.63, 3.8) is 0 Å². The van der Waals surface area contributed by atoms with Gasteiger partial charge in [-0.25, -0.2) is 9.69 Å². The Morgan fingerprint density at radius 3 is 2.59 bits per heavy atom. The Balaban J connectivity index is 1.72. The normalized spacial score (nSPS) is 15.2. The lowest BCUT2D eigenvalue weighted by atomic mass is 10.1. The SMILES string of the molecule is COC(=O)Cn1cc(C=C2NC(=O)N(c3ccc(Cl)cc3)C2=O)c2ccccc21. The van der Waals surface area contributed by atoms with Crippen LogP contribution >= 0.6 is 11.6 Å². The number of methoxy groups -OCH3 is 1. The molecule has 1 saturated heterocycles. The summed E-state index contributed by atoms with van der Waals surface area (Å²) in [6.45, 7) is 0.0391. The van der Waals surface area contributed by atoms with Crippen molar-refractivity contribution >= 4 is 52.2 Å². The largest absolute Gasteiger partial charge is 0.468 e. The molecule has 0 bridgehead atoms. The van der Waals surface area contributed by atoms with Crippen LogP contribution in [0.1, 0.15) is 5.56 Å². The van der Waals surface area contributed by atoms with Crippen molar-refractivity contribution in [1.29, 1.82) is 0 Å². The summed E-state index contributed by atoms with van der Waals surface area (Å²) in [4.78, 5) is 38.0. The highest BCUT2D eigenvalue weighted by molar-refractivity contribution is 6.31. The van der Waals surface area contributed by atoms with Crippen molar-refractivity contribution in [2.45, 2.75) is 6.54 Å². The second-order valence-electron chi connectivity index (χ2n) is 6.41. The first kappa shape index (κ1) is 18.8. The zero-order valence-corrected chi connectivity index (χ0v) is 16.1. The molecule has 4 rings (SSSR count). The molecule has 0 saturated carbocycles. The van der Waals surface area contributed by atoms with Crippen molar-refractivity contribution < 1.29 is 19.1 Å². The number of hydrogen-bond donors (Lipinski definition) is 1. The van der Waals surface area contributed by atoms with E-state index in [1.54, 1.807) is 41.1 Å². The number of halogens is 1. The number of anilines is 1. The van der Waals surface area contributed by atoms with Gasteiger partial charge >= 0.3 is 12.0 Å². The van der Waals surface area contributed by atoms with Crippen LogP contribution in [0.2, 0.25) is 5.02 Å². The molecule has 1 aromatic heterocycles. The zero-order valence-electron chi connectivity index (χ0n) is 15.4. The number of nitrogens with zero attached hydrogens (tertiary/aromatic N) is 2. The highest BCUT2D eigenvalue weighted by atomic mass is 35.5. The van der Waals surface area contributed by atoms with Crippen molar-refractivity contribution in [3.8, 4) is 0 Å². The Kier molecular flexibility index (Phi) is 4.82. The monoisotopic (exact) mass is 409 g/mol. The zero-order chi connectivity index (χ0) is 20.5. The van der Waals surface area contributed by atoms with E-state index in [0.29, 0.717) is 16.3 Å². The standard InChI is InChI=1S/C21H16ClN3O4/c1-29-19(26)12-24-11-13(16-4-2-3-5-18(16)24)10-17-20(27)25(21(28)23-17)15-8-6-14(22)7-9-15/h2-11H,12H2,1H3,(H,23,28). The van der Waals surface area contributed by atoms with Crippen LogP contribution in [-0.4, -0.2) is 29.6 Å². The number of urea groups is 1. The van der Waals surface area contributed by atoms with Gasteiger partial charge < -0.3 is 14.6 Å². The highest BCUT2D eigenvalue weighted by Gasteiger charge is 2.35. The Labute approximate surface area is 171 Å². The van der Waals surface area contributed by atoms with Gasteiger partial charge in [0.2, 0.25) is 0 Å². The topological polar surface area (TPSA) is 80.6 Å². The van der Waals surface area contributed by atoms with Crippen LogP contribution < -0.4 is 10.2 Å². The first-order valence-electron chi connectivity index (χ1n) is 8.75. The molecule has 3 amide bonds. The lowest BCUT2D eigenvalue weighted by molar-refractivity contribution is -0.141. The molecular weight excluding hydrogens is 394 g/mol. The minimum atomic E-state index is -0.540. The fraction of sp³-hybridized carbons (Fsp3) is 0.0952. The van der Waals surface area contributed by atoms with Crippen LogP contribution in [0.25, 0.3) is 17.0 Å². The number of rotatable bonds is 4. The Bertz CT molecular complexity index is 1160. The van der Waals surface area contributed by atoms with Gasteiger partial charge in [0.1, 0.15) is 12.2 Å². The lowest BCUT2D eigenvalue weighted by Gasteiger charge is -2.11. The summed E-state index contributed by atoms with van der Waals surface area (Å²) in [5.74, 6) is -0.855. The summed E-state index contributed by atoms with van der Waals surface area (Å²) in [5.41, 5.74) is 2.08. The fourth-order valence-electron chi connectivity index (χ4n) is 3.24. The van der Waals surface area contributed by atoms with Gasteiger partial charge in [-0.1, -0.05) is 29.8 Å². The molecule has 0 spiro atoms. The average Bonchev–Trinajstić information content (AvgIpc) is 3.20. The maximum Gasteiger partial charge on any atom is 0.333 e. The summed E-state index contributed by atoms with van der Waals surface area (Å²) in [6.07, 6.45) is 3.35. The van der Waals surface area contributed by atoms with Crippen molar-refractivity contribution in [2.75, 3.05) is 12.0 Å². The number of esters is 1. The fourth-order valence-corrected chi connectivity index (χ4v) is 3.37. The van der Waals surface area contributed by atoms with E-state index in [0.717, 1.165) is 15.8 Å². The summed E-state index contributed by atoms with van der Waals surface area (Å²) in [5, 5.41) is 3.96. The first-order valence-corrected chi connectivity index (χ1v) is 9.13. The van der Waals surface area contributed by atoms with E-state index in [9.17, 15) is 14.4 Å². The van der Waals surface area contributed by atoms with Gasteiger partial charge in [-0.2, -0.15) is 0 Å². The van der Waals surface area contributed by atoms with Gasteiger partial charge in [-0.15, -0.1) is 0 Å². The highest BCUT2D eigenvalue weighted by Crippen LogP contribution is 2.27. The van der Waals surface area contributed by atoms with E-state index in [1.165, 1.54) is 7.11 Å². The molecule has 1 aliphatic rings. The van der Waals surface area contributed by atoms with E-state index < -0.39 is 11.9 Å². The van der Waals surface area contributed by atoms with Crippen molar-refractivity contribution in [2.24, 2.45) is 0 Å². The van der Waals surface area contributed by atoms with Gasteiger partial charge in [0, 0.05) is 27.7 Å². The molecule has 1 N–H and O–H groups in total. The van der Waals surface area contributed by atoms with Crippen LogP contribution in [0.15, 0.2) is 60.4 Å². The molecule has 2 aromatic carbocycles. The maximum absolute atomic E-state index is 12.8. The maximum atomic E-state index is 12.8. The molecule has 1 fully saturated rings. The third kappa shape index (κ3) is 3.48. The summed E-state index contributed by atoms with van der Waals surface area (Å²) < 4.78 is 6.49. The third-order valence-electron chi connectivity index (χ3n) is 4.61. The van der Waals surface area contributed by atoms with Crippen molar-refractivity contribution in [3.05, 3.63) is 71.0 Å². The van der Waals surface area contributed by atoms with Gasteiger partial charge in [0.25, 0.3) is 5.91 Å². The number of benzene rings is 2. The quantitative estimate of drug-likeness (QED) is 0.406. The van der Waals surface area contributed by atoms with Crippen LogP contribution in [0.3, 0.4) is 0 Å². The number of nitrogens with one attached hydrogen (secondary N) is 1. The molecule has 0 radical (unpaired) electrons. The molecule has 0 aliphatic carbocycles. The second kappa shape index (κ2) is 7.44. The molecular formula is C21H16ClN3O4. The van der Waals surface area contributed by atoms with Gasteiger partial charge in [0.15, 0.2) is 0 Å². The molecule has 1 aliphatic heterocycles. The number of carbonyl (C=O) groups excluding carboxylic acids is 3. The van der Waals surface area contributed by atoms with E-state index in [1.807, 2.05) is 24.3 Å². The number of carbonyl (C=O) groups is 3. The van der Waals surface area contributed by atoms with Crippen LogP contribution in [-0.2, 0) is 20.9 Å². The minimum absolute atomic E-state index is 0.0391. The van der Waals surface area contributed by atoms with E-state index in [2.05, 4.69) is 5.32 Å². The molecule has 8 heteroatoms. The predicted molar refractivity (Wildman–Crippen MR) is 109 cm³/mol. The molecule has 0 atom stereocenters. The molecule has 146 valence electrons. The molecule has 7 nitrogen and oxygen atoms in total. The van der Waals surface area contributed by atoms with Crippen LogP contribution in [0.4, 0.5) is 10.5 Å². The van der Waals surface area contributed by atoms with E-state index in [-0.39, 0.29) is 18.2 Å². The van der Waals surface area contributed by atoms with Gasteiger partial charge in [-0.05, 0) is 36.4 Å². The molecule has 29 heavy (non-hydrogen) atoms. The lowest BCUT2D eigenvalue weighted by Crippen LogP contribution is -2.30. The van der Waals surface area contributed by atoms with Crippen LogP contribution in [0, 0.1) is 0 Å². The summed E-state index contributed by atoms with van der Waals surface area (Å²) in [7, 11) is 1.33. The predicted octanol–water partition coefficient (Wildman–Crippen LogP) is 3.57. The summed E-state index contributed by atoms with van der Waals surface area (Å²) in [6, 6.07) is 13.4. The van der Waals surface area contributed by atoms with Crippen molar-refractivity contribution in [1.82, 2.24) is 9.88 Å². The number of fused-ring (bicyclic) bond motifs is 1. The molecule has 2 heterocycles. The van der Waals surface area contributed by atoms with Crippen LogP contribution in [0.5, 0.6) is 0 Å². The third-order valence-corrected chi connectivity index (χ3v) is 4.86. The number of hydrogen-bond acceptors (Lipinski definition) is 4. The Hall–Kier alpha value is -3.58. The van der Waals surface area contributed by atoms with Gasteiger partial charge in [-0.3, -0.25) is 9.59 Å². The number of para-hydroxylation sites is 1. The second-order valence-corrected chi connectivity index (χ2v) is 6.85. The molecule has 0 unspecified atom stereocenters. The van der Waals surface area contributed by atoms with E-state index in [4.69, 9.17) is 16.3 Å². The number of ether oxygens (including phenoxy) is 1. The number of imide groups is 1. The first-order chi connectivity index (χ1) is 14.0. The Morgan fingerprint density at radius 2 is 1.86 bits per heavy atom. The van der Waals surface area contributed by atoms with Gasteiger partial charge in [0.05, 0.1) is 12.8 Å².